The van der Waals surface area contributed by atoms with E-state index in [2.05, 4.69) is 20.8 Å². The Kier molecular flexibility index (Phi) is 4.08. The van der Waals surface area contributed by atoms with E-state index >= 15 is 0 Å². The number of methoxy groups -OCH3 is 2. The molecule has 0 N–H and O–H groups in total. The molecule has 3 aliphatic carbocycles. The van der Waals surface area contributed by atoms with Crippen LogP contribution in [0.5, 0.6) is 0 Å². The fourth-order valence-electron chi connectivity index (χ4n) is 7.04. The Balaban J connectivity index is 1.89. The standard InChI is InChI=1S/C21H32O4/c1-12-14-11-16(23-4)25-15-10-13-8-6-7-9-20(13,2)19(21(14,15)3)17(22)18(12)24-5/h13-16,19H,6-11H2,1-5H3/t13-,14-,15-,16-,19+,20+,21+/m1/s1. The topological polar surface area (TPSA) is 44.8 Å². The molecule has 0 radical (unpaired) electrons. The van der Waals surface area contributed by atoms with Crippen molar-refractivity contribution in [3.63, 3.8) is 0 Å². The van der Waals surface area contributed by atoms with Gasteiger partial charge in [0, 0.05) is 24.9 Å². The molecule has 0 aromatic heterocycles. The summed E-state index contributed by atoms with van der Waals surface area (Å²) in [6, 6.07) is 0. The summed E-state index contributed by atoms with van der Waals surface area (Å²) >= 11 is 0. The van der Waals surface area contributed by atoms with Crippen molar-refractivity contribution in [1.82, 2.24) is 0 Å². The highest BCUT2D eigenvalue weighted by Crippen LogP contribution is 2.67. The van der Waals surface area contributed by atoms with E-state index in [1.165, 1.54) is 19.3 Å². The molecule has 2 saturated carbocycles. The zero-order chi connectivity index (χ0) is 18.0. The number of carbonyl (C=O) groups is 1. The van der Waals surface area contributed by atoms with Crippen LogP contribution in [0.15, 0.2) is 11.3 Å². The van der Waals surface area contributed by atoms with Gasteiger partial charge in [-0.1, -0.05) is 26.7 Å². The van der Waals surface area contributed by atoms with E-state index in [9.17, 15) is 4.79 Å². The normalized spacial score (nSPS) is 49.5. The molecule has 1 heterocycles. The summed E-state index contributed by atoms with van der Waals surface area (Å²) < 4.78 is 17.7. The van der Waals surface area contributed by atoms with E-state index in [-0.39, 0.29) is 40.8 Å². The Labute approximate surface area is 151 Å². The second kappa shape index (κ2) is 5.82. The van der Waals surface area contributed by atoms with E-state index in [0.717, 1.165) is 24.8 Å². The lowest BCUT2D eigenvalue weighted by atomic mass is 9.41. The molecule has 0 aromatic rings. The van der Waals surface area contributed by atoms with Gasteiger partial charge in [0.05, 0.1) is 13.2 Å². The molecule has 140 valence electrons. The largest absolute Gasteiger partial charge is 0.493 e. The summed E-state index contributed by atoms with van der Waals surface area (Å²) in [5, 5.41) is 0. The van der Waals surface area contributed by atoms with Crippen molar-refractivity contribution in [3.05, 3.63) is 11.3 Å². The molecule has 4 nitrogen and oxygen atoms in total. The van der Waals surface area contributed by atoms with Gasteiger partial charge in [0.2, 0.25) is 5.78 Å². The van der Waals surface area contributed by atoms with Gasteiger partial charge in [0.1, 0.15) is 0 Å². The minimum atomic E-state index is -0.182. The molecule has 0 amide bonds. The summed E-state index contributed by atoms with van der Waals surface area (Å²) in [5.41, 5.74) is 1.01. The number of ketones is 1. The maximum absolute atomic E-state index is 13.6. The lowest BCUT2D eigenvalue weighted by molar-refractivity contribution is -0.282. The molecular weight excluding hydrogens is 316 g/mol. The van der Waals surface area contributed by atoms with Crippen LogP contribution in [0, 0.1) is 28.6 Å². The lowest BCUT2D eigenvalue weighted by Gasteiger charge is -2.65. The van der Waals surface area contributed by atoms with E-state index in [1.54, 1.807) is 14.2 Å². The van der Waals surface area contributed by atoms with Crippen molar-refractivity contribution in [1.29, 1.82) is 0 Å². The van der Waals surface area contributed by atoms with Gasteiger partial charge in [-0.2, -0.15) is 0 Å². The van der Waals surface area contributed by atoms with Gasteiger partial charge in [-0.15, -0.1) is 0 Å². The van der Waals surface area contributed by atoms with Crippen LogP contribution in [-0.2, 0) is 19.0 Å². The highest BCUT2D eigenvalue weighted by Gasteiger charge is 2.68. The first-order valence-electron chi connectivity index (χ1n) is 9.85. The second-order valence-corrected chi connectivity index (χ2v) is 9.14. The third-order valence-electron chi connectivity index (χ3n) is 8.25. The first kappa shape index (κ1) is 17.5. The molecule has 0 aromatic carbocycles. The van der Waals surface area contributed by atoms with E-state index < -0.39 is 0 Å². The molecule has 25 heavy (non-hydrogen) atoms. The van der Waals surface area contributed by atoms with Crippen LogP contribution >= 0.6 is 0 Å². The summed E-state index contributed by atoms with van der Waals surface area (Å²) in [6.45, 7) is 6.75. The maximum Gasteiger partial charge on any atom is 0.201 e. The van der Waals surface area contributed by atoms with Gasteiger partial charge in [0.25, 0.3) is 0 Å². The first-order chi connectivity index (χ1) is 11.9. The van der Waals surface area contributed by atoms with Gasteiger partial charge in [-0.25, -0.2) is 0 Å². The quantitative estimate of drug-likeness (QED) is 0.754. The van der Waals surface area contributed by atoms with Gasteiger partial charge >= 0.3 is 0 Å². The number of allylic oxidation sites excluding steroid dienone is 2. The van der Waals surface area contributed by atoms with E-state index in [0.29, 0.717) is 11.7 Å². The van der Waals surface area contributed by atoms with Crippen molar-refractivity contribution in [2.45, 2.75) is 71.7 Å². The Morgan fingerprint density at radius 1 is 1.16 bits per heavy atom. The van der Waals surface area contributed by atoms with Gasteiger partial charge in [-0.05, 0) is 49.0 Å². The molecule has 7 atom stereocenters. The first-order valence-corrected chi connectivity index (χ1v) is 9.85. The molecule has 3 fully saturated rings. The number of fused-ring (bicyclic) bond motifs is 2. The van der Waals surface area contributed by atoms with Gasteiger partial charge < -0.3 is 14.2 Å². The Hall–Kier alpha value is -0.870. The van der Waals surface area contributed by atoms with Crippen molar-refractivity contribution >= 4 is 5.78 Å². The average Bonchev–Trinajstić information content (AvgIpc) is 2.58. The van der Waals surface area contributed by atoms with Crippen molar-refractivity contribution in [3.8, 4) is 0 Å². The minimum Gasteiger partial charge on any atom is -0.493 e. The third-order valence-corrected chi connectivity index (χ3v) is 8.25. The van der Waals surface area contributed by atoms with Crippen LogP contribution in [0.4, 0.5) is 0 Å². The van der Waals surface area contributed by atoms with Crippen molar-refractivity contribution in [2.75, 3.05) is 14.2 Å². The van der Waals surface area contributed by atoms with E-state index in [1.807, 2.05) is 0 Å². The molecule has 4 rings (SSSR count). The monoisotopic (exact) mass is 348 g/mol. The Bertz CT molecular complexity index is 611. The number of rotatable bonds is 2. The predicted molar refractivity (Wildman–Crippen MR) is 94.8 cm³/mol. The molecule has 1 aliphatic heterocycles. The van der Waals surface area contributed by atoms with Crippen LogP contribution in [0.1, 0.15) is 59.3 Å². The number of ether oxygens (including phenoxy) is 3. The summed E-state index contributed by atoms with van der Waals surface area (Å²) in [7, 11) is 3.37. The molecule has 0 bridgehead atoms. The van der Waals surface area contributed by atoms with E-state index in [4.69, 9.17) is 14.2 Å². The summed E-state index contributed by atoms with van der Waals surface area (Å²) in [4.78, 5) is 13.6. The van der Waals surface area contributed by atoms with Gasteiger partial charge in [-0.3, -0.25) is 4.79 Å². The van der Waals surface area contributed by atoms with Gasteiger partial charge in [0.15, 0.2) is 12.0 Å². The van der Waals surface area contributed by atoms with Crippen molar-refractivity contribution in [2.24, 2.45) is 28.6 Å². The van der Waals surface area contributed by atoms with Crippen LogP contribution in [0.2, 0.25) is 0 Å². The highest BCUT2D eigenvalue weighted by molar-refractivity contribution is 5.98. The molecule has 4 heteroatoms. The summed E-state index contributed by atoms with van der Waals surface area (Å²) in [6.07, 6.45) is 6.64. The SMILES string of the molecule is COC1=C(C)[C@H]2C[C@H](OC)O[C@@H]3C[C@H]4CCCC[C@]4(C)[C@H](C1=O)[C@@]23C. The number of hydrogen-bond donors (Lipinski definition) is 0. The number of carbonyl (C=O) groups excluding carboxylic acids is 1. The maximum atomic E-state index is 13.6. The van der Waals surface area contributed by atoms with Crippen LogP contribution in [-0.4, -0.2) is 32.4 Å². The minimum absolute atomic E-state index is 0.00879. The fraction of sp³-hybridized carbons (Fsp3) is 0.857. The van der Waals surface area contributed by atoms with Crippen LogP contribution in [0.3, 0.4) is 0 Å². The predicted octanol–water partition coefficient (Wildman–Crippen LogP) is 4.09. The van der Waals surface area contributed by atoms with Crippen LogP contribution < -0.4 is 0 Å². The smallest absolute Gasteiger partial charge is 0.201 e. The lowest BCUT2D eigenvalue weighted by Crippen LogP contribution is -2.67. The Morgan fingerprint density at radius 2 is 1.92 bits per heavy atom. The average molecular weight is 348 g/mol. The zero-order valence-electron chi connectivity index (χ0n) is 16.3. The molecule has 4 aliphatic rings. The molecular formula is C21H32O4. The van der Waals surface area contributed by atoms with Crippen LogP contribution in [0.25, 0.3) is 0 Å². The highest BCUT2D eigenvalue weighted by atomic mass is 16.7. The fourth-order valence-corrected chi connectivity index (χ4v) is 7.04. The van der Waals surface area contributed by atoms with Crippen molar-refractivity contribution < 1.29 is 19.0 Å². The number of hydrogen-bond acceptors (Lipinski definition) is 4. The third kappa shape index (κ3) is 2.16. The zero-order valence-corrected chi connectivity index (χ0v) is 16.3. The molecule has 0 unspecified atom stereocenters. The molecule has 0 spiro atoms. The Morgan fingerprint density at radius 3 is 2.60 bits per heavy atom. The second-order valence-electron chi connectivity index (χ2n) is 9.14. The number of Topliss-reactive ketones (excluding diaryl/α,β-unsaturated/α-hetero) is 1. The molecule has 1 saturated heterocycles. The summed E-state index contributed by atoms with van der Waals surface area (Å²) in [5.74, 6) is 1.66.